The Morgan fingerprint density at radius 2 is 1.33 bits per heavy atom. The lowest BCUT2D eigenvalue weighted by Crippen LogP contribution is -2.39. The lowest BCUT2D eigenvalue weighted by atomic mass is 9.68. The zero-order valence-corrected chi connectivity index (χ0v) is 14.4. The van der Waals surface area contributed by atoms with E-state index in [1.807, 2.05) is 25.9 Å². The number of carbonyl (C=O) groups excluding carboxylic acids is 1. The van der Waals surface area contributed by atoms with Crippen molar-refractivity contribution >= 4 is 5.78 Å². The number of nitrogens with zero attached hydrogens (tertiary/aromatic N) is 1. The Kier molecular flexibility index (Phi) is 5.84. The fourth-order valence-electron chi connectivity index (χ4n) is 3.08. The van der Waals surface area contributed by atoms with Gasteiger partial charge in [-0.15, -0.1) is 0 Å². The van der Waals surface area contributed by atoms with E-state index in [0.29, 0.717) is 19.4 Å². The van der Waals surface area contributed by atoms with Gasteiger partial charge in [-0.2, -0.15) is 0 Å². The Labute approximate surface area is 142 Å². The van der Waals surface area contributed by atoms with E-state index in [4.69, 9.17) is 0 Å². The van der Waals surface area contributed by atoms with E-state index in [9.17, 15) is 13.6 Å². The normalized spacial score (nSPS) is 11.8. The number of halogens is 2. The second-order valence-electron chi connectivity index (χ2n) is 6.25. The molecule has 0 saturated heterocycles. The monoisotopic (exact) mass is 331 g/mol. The lowest BCUT2D eigenvalue weighted by Gasteiger charge is -2.34. The molecule has 0 saturated carbocycles. The molecule has 0 aliphatic heterocycles. The number of rotatable bonds is 7. The Morgan fingerprint density at radius 1 is 0.917 bits per heavy atom. The average Bonchev–Trinajstić information content (AvgIpc) is 2.57. The van der Waals surface area contributed by atoms with Crippen LogP contribution in [0.15, 0.2) is 48.5 Å². The Balaban J connectivity index is 2.65. The number of benzene rings is 2. The van der Waals surface area contributed by atoms with Crippen molar-refractivity contribution < 1.29 is 13.6 Å². The summed E-state index contributed by atoms with van der Waals surface area (Å²) in [5, 5.41) is 0. The second kappa shape index (κ2) is 7.67. The van der Waals surface area contributed by atoms with Crippen LogP contribution in [0, 0.1) is 11.6 Å². The fourth-order valence-corrected chi connectivity index (χ4v) is 3.08. The summed E-state index contributed by atoms with van der Waals surface area (Å²) in [6.07, 6.45) is 0.895. The van der Waals surface area contributed by atoms with Crippen LogP contribution >= 0.6 is 0 Å². The zero-order chi connectivity index (χ0) is 17.7. The van der Waals surface area contributed by atoms with E-state index < -0.39 is 5.41 Å². The first-order valence-electron chi connectivity index (χ1n) is 8.10. The summed E-state index contributed by atoms with van der Waals surface area (Å²) in [7, 11) is 3.88. The van der Waals surface area contributed by atoms with Crippen molar-refractivity contribution in [1.82, 2.24) is 4.90 Å². The third kappa shape index (κ3) is 3.70. The molecule has 0 radical (unpaired) electrons. The van der Waals surface area contributed by atoms with Gasteiger partial charge in [0.05, 0.1) is 5.41 Å². The maximum Gasteiger partial charge on any atom is 0.147 e. The number of carbonyl (C=O) groups is 1. The third-order valence-corrected chi connectivity index (χ3v) is 4.41. The number of hydrogen-bond acceptors (Lipinski definition) is 2. The molecule has 0 heterocycles. The van der Waals surface area contributed by atoms with E-state index in [0.717, 1.165) is 11.1 Å². The summed E-state index contributed by atoms with van der Waals surface area (Å²) in [5.74, 6) is -0.644. The highest BCUT2D eigenvalue weighted by Crippen LogP contribution is 2.38. The minimum atomic E-state index is -0.902. The number of ketones is 1. The first-order chi connectivity index (χ1) is 11.4. The molecule has 0 unspecified atom stereocenters. The minimum Gasteiger partial charge on any atom is -0.309 e. The summed E-state index contributed by atoms with van der Waals surface area (Å²) in [4.78, 5) is 15.0. The molecule has 24 heavy (non-hydrogen) atoms. The van der Waals surface area contributed by atoms with Crippen molar-refractivity contribution in [3.05, 3.63) is 71.3 Å². The smallest absolute Gasteiger partial charge is 0.147 e. The van der Waals surface area contributed by atoms with Crippen LogP contribution in [-0.4, -0.2) is 31.3 Å². The summed E-state index contributed by atoms with van der Waals surface area (Å²) in [6.45, 7) is 2.50. The van der Waals surface area contributed by atoms with Gasteiger partial charge in [-0.1, -0.05) is 31.2 Å². The Morgan fingerprint density at radius 3 is 1.67 bits per heavy atom. The first-order valence-corrected chi connectivity index (χ1v) is 8.10. The second-order valence-corrected chi connectivity index (χ2v) is 6.25. The van der Waals surface area contributed by atoms with E-state index in [1.165, 1.54) is 24.3 Å². The average molecular weight is 331 g/mol. The molecule has 4 heteroatoms. The van der Waals surface area contributed by atoms with Crippen LogP contribution in [0.3, 0.4) is 0 Å². The molecular weight excluding hydrogens is 308 g/mol. The summed E-state index contributed by atoms with van der Waals surface area (Å²) >= 11 is 0. The molecule has 0 spiro atoms. The molecule has 0 N–H and O–H groups in total. The summed E-state index contributed by atoms with van der Waals surface area (Å²) < 4.78 is 26.8. The molecule has 2 aromatic carbocycles. The van der Waals surface area contributed by atoms with Crippen LogP contribution in [0.4, 0.5) is 8.78 Å². The van der Waals surface area contributed by atoms with Crippen LogP contribution in [0.25, 0.3) is 0 Å². The highest BCUT2D eigenvalue weighted by atomic mass is 19.1. The fraction of sp³-hybridized carbons (Fsp3) is 0.350. The SMILES string of the molecule is CCC(=O)C(CCN(C)C)(c1ccc(F)cc1)c1ccc(F)cc1. The van der Waals surface area contributed by atoms with Gasteiger partial charge in [-0.25, -0.2) is 8.78 Å². The van der Waals surface area contributed by atoms with Gasteiger partial charge in [0.1, 0.15) is 17.4 Å². The van der Waals surface area contributed by atoms with Crippen molar-refractivity contribution in [2.45, 2.75) is 25.2 Å². The van der Waals surface area contributed by atoms with E-state index in [1.54, 1.807) is 24.3 Å². The summed E-state index contributed by atoms with van der Waals surface area (Å²) in [5.41, 5.74) is 0.578. The van der Waals surface area contributed by atoms with Crippen LogP contribution in [-0.2, 0) is 10.2 Å². The van der Waals surface area contributed by atoms with Crippen LogP contribution < -0.4 is 0 Å². The zero-order valence-electron chi connectivity index (χ0n) is 14.4. The molecule has 0 aliphatic carbocycles. The summed E-state index contributed by atoms with van der Waals surface area (Å²) in [6, 6.07) is 12.1. The molecule has 0 aliphatic rings. The molecule has 2 aromatic rings. The number of hydrogen-bond donors (Lipinski definition) is 0. The third-order valence-electron chi connectivity index (χ3n) is 4.41. The molecule has 0 atom stereocenters. The highest BCUT2D eigenvalue weighted by Gasteiger charge is 2.40. The van der Waals surface area contributed by atoms with Gasteiger partial charge >= 0.3 is 0 Å². The molecule has 0 aromatic heterocycles. The molecular formula is C20H23F2NO. The van der Waals surface area contributed by atoms with Crippen molar-refractivity contribution in [3.63, 3.8) is 0 Å². The van der Waals surface area contributed by atoms with Crippen molar-refractivity contribution in [2.24, 2.45) is 0 Å². The largest absolute Gasteiger partial charge is 0.309 e. The maximum absolute atomic E-state index is 13.4. The minimum absolute atomic E-state index is 0.0440. The highest BCUT2D eigenvalue weighted by molar-refractivity contribution is 5.93. The molecule has 0 amide bonds. The van der Waals surface area contributed by atoms with Crippen molar-refractivity contribution in [3.8, 4) is 0 Å². The van der Waals surface area contributed by atoms with Gasteiger partial charge in [-0.05, 0) is 62.5 Å². The molecule has 0 fully saturated rings. The molecule has 2 rings (SSSR count). The van der Waals surface area contributed by atoms with Gasteiger partial charge in [0, 0.05) is 6.42 Å². The van der Waals surface area contributed by atoms with E-state index in [2.05, 4.69) is 0 Å². The maximum atomic E-state index is 13.4. The molecule has 2 nitrogen and oxygen atoms in total. The van der Waals surface area contributed by atoms with Crippen molar-refractivity contribution in [1.29, 1.82) is 0 Å². The van der Waals surface area contributed by atoms with E-state index in [-0.39, 0.29) is 17.4 Å². The van der Waals surface area contributed by atoms with Gasteiger partial charge in [0.25, 0.3) is 0 Å². The molecule has 128 valence electrons. The predicted molar refractivity (Wildman–Crippen MR) is 92.0 cm³/mol. The lowest BCUT2D eigenvalue weighted by molar-refractivity contribution is -0.123. The van der Waals surface area contributed by atoms with Crippen LogP contribution in [0.1, 0.15) is 30.9 Å². The quantitative estimate of drug-likeness (QED) is 0.758. The topological polar surface area (TPSA) is 20.3 Å². The van der Waals surface area contributed by atoms with Crippen LogP contribution in [0.2, 0.25) is 0 Å². The van der Waals surface area contributed by atoms with Gasteiger partial charge in [0.15, 0.2) is 0 Å². The first kappa shape index (κ1) is 18.3. The molecule has 0 bridgehead atoms. The van der Waals surface area contributed by atoms with Gasteiger partial charge in [-0.3, -0.25) is 4.79 Å². The predicted octanol–water partition coefficient (Wildman–Crippen LogP) is 4.18. The van der Waals surface area contributed by atoms with Gasteiger partial charge < -0.3 is 4.90 Å². The standard InChI is InChI=1S/C20H23F2NO/c1-4-19(24)20(13-14-23(2)3,15-5-9-17(21)10-6-15)16-7-11-18(22)12-8-16/h5-12H,4,13-14H2,1-3H3. The van der Waals surface area contributed by atoms with E-state index >= 15 is 0 Å². The van der Waals surface area contributed by atoms with Gasteiger partial charge in [0.2, 0.25) is 0 Å². The number of Topliss-reactive ketones (excluding diaryl/α,β-unsaturated/α-hetero) is 1. The van der Waals surface area contributed by atoms with Crippen molar-refractivity contribution in [2.75, 3.05) is 20.6 Å². The Bertz CT molecular complexity index is 632. The Hall–Kier alpha value is -2.07. The van der Waals surface area contributed by atoms with Crippen LogP contribution in [0.5, 0.6) is 0 Å².